The van der Waals surface area contributed by atoms with Gasteiger partial charge in [0, 0.05) is 56.5 Å². The van der Waals surface area contributed by atoms with Crippen LogP contribution in [0.2, 0.25) is 0 Å². The molecular weight excluding hydrogens is 504 g/mol. The number of fused-ring (bicyclic) bond motifs is 4. The number of carbonyl (C=O) groups excluding carboxylic acids is 1. The Morgan fingerprint density at radius 3 is 2.55 bits per heavy atom. The van der Waals surface area contributed by atoms with E-state index in [1.807, 2.05) is 14.0 Å². The highest BCUT2D eigenvalue weighted by Gasteiger charge is 2.50. The van der Waals surface area contributed by atoms with Gasteiger partial charge in [-0.25, -0.2) is 9.97 Å². The predicted molar refractivity (Wildman–Crippen MR) is 155 cm³/mol. The fourth-order valence-corrected chi connectivity index (χ4v) is 7.58. The molecule has 40 heavy (non-hydrogen) atoms. The quantitative estimate of drug-likeness (QED) is 0.449. The van der Waals surface area contributed by atoms with Crippen LogP contribution in [0.15, 0.2) is 0 Å². The van der Waals surface area contributed by atoms with Gasteiger partial charge in [-0.2, -0.15) is 5.10 Å². The monoisotopic (exact) mass is 548 g/mol. The molecule has 1 saturated heterocycles. The maximum atomic E-state index is 13.0. The van der Waals surface area contributed by atoms with Gasteiger partial charge in [-0.05, 0) is 77.6 Å². The molecule has 3 N–H and O–H groups in total. The van der Waals surface area contributed by atoms with E-state index < -0.39 is 0 Å². The fraction of sp³-hybridized carbons (Fsp3) is 0.700. The third-order valence-corrected chi connectivity index (χ3v) is 10.0. The van der Waals surface area contributed by atoms with Crippen LogP contribution in [0.1, 0.15) is 86.8 Å². The summed E-state index contributed by atoms with van der Waals surface area (Å²) in [4.78, 5) is 24.6. The molecule has 4 fully saturated rings. The second-order valence-electron chi connectivity index (χ2n) is 12.7. The van der Waals surface area contributed by atoms with E-state index in [4.69, 9.17) is 20.2 Å². The zero-order valence-corrected chi connectivity index (χ0v) is 24.5. The zero-order valence-electron chi connectivity index (χ0n) is 24.5. The molecule has 7 rings (SSSR count). The molecule has 0 radical (unpaired) electrons. The van der Waals surface area contributed by atoms with Gasteiger partial charge in [0.05, 0.1) is 23.9 Å². The van der Waals surface area contributed by atoms with Crippen LogP contribution < -0.4 is 15.5 Å². The molecule has 3 saturated carbocycles. The number of nitrogens with one attached hydrogen (secondary N) is 3. The standard InChI is InChI=1S/C30H44N8O2/c1-19(31)25-26(32-4)27(34-21(3)33-25)37-14-7-24-23(16-37)20(2)36-38(24)18-29-8-11-30(12-9-29,13-10-29)35-28(39)22-6-5-15-40-17-22/h22,31-32H,5-18H2,1-4H3,(H,35,39)/t22-,29?,30?/m0/s1. The molecule has 10 nitrogen and oxygen atoms in total. The van der Waals surface area contributed by atoms with Crippen molar-refractivity contribution in [1.29, 1.82) is 5.41 Å². The van der Waals surface area contributed by atoms with Gasteiger partial charge in [0.25, 0.3) is 0 Å². The second kappa shape index (κ2) is 10.4. The number of carbonyl (C=O) groups is 1. The zero-order chi connectivity index (χ0) is 28.1. The predicted octanol–water partition coefficient (Wildman–Crippen LogP) is 3.92. The van der Waals surface area contributed by atoms with Gasteiger partial charge in [-0.15, -0.1) is 0 Å². The average Bonchev–Trinajstić information content (AvgIpc) is 3.27. The van der Waals surface area contributed by atoms with E-state index in [1.165, 1.54) is 11.3 Å². The SMILES string of the molecule is CNc1c(C(C)=N)nc(C)nc1N1CCc2c(c(C)nn2CC23CCC(NC(=O)[C@H]4CCCOC4)(CC2)CC3)C1. The molecule has 1 amide bonds. The Labute approximate surface area is 237 Å². The molecule has 1 atom stereocenters. The van der Waals surface area contributed by atoms with Gasteiger partial charge in [-0.3, -0.25) is 9.48 Å². The highest BCUT2D eigenvalue weighted by molar-refractivity contribution is 6.01. The van der Waals surface area contributed by atoms with Gasteiger partial charge >= 0.3 is 0 Å². The number of rotatable bonds is 7. The third kappa shape index (κ3) is 4.88. The van der Waals surface area contributed by atoms with Gasteiger partial charge in [0.2, 0.25) is 5.91 Å². The highest BCUT2D eigenvalue weighted by Crippen LogP contribution is 2.53. The van der Waals surface area contributed by atoms with E-state index in [9.17, 15) is 4.79 Å². The average molecular weight is 549 g/mol. The largest absolute Gasteiger partial charge is 0.383 e. The first-order chi connectivity index (χ1) is 19.2. The van der Waals surface area contributed by atoms with Crippen LogP contribution in [-0.4, -0.2) is 63.7 Å². The first-order valence-corrected chi connectivity index (χ1v) is 15.0. The van der Waals surface area contributed by atoms with Crippen molar-refractivity contribution in [3.63, 3.8) is 0 Å². The second-order valence-corrected chi connectivity index (χ2v) is 12.7. The minimum Gasteiger partial charge on any atom is -0.383 e. The molecule has 0 aromatic carbocycles. The maximum Gasteiger partial charge on any atom is 0.225 e. The summed E-state index contributed by atoms with van der Waals surface area (Å²) in [7, 11) is 1.88. The Bertz CT molecular complexity index is 1290. The van der Waals surface area contributed by atoms with E-state index in [0.29, 0.717) is 23.8 Å². The summed E-state index contributed by atoms with van der Waals surface area (Å²) in [5.74, 6) is 1.78. The summed E-state index contributed by atoms with van der Waals surface area (Å²) in [6.07, 6.45) is 9.48. The van der Waals surface area contributed by atoms with Crippen molar-refractivity contribution in [2.45, 2.75) is 97.2 Å². The van der Waals surface area contributed by atoms with Crippen molar-refractivity contribution >= 4 is 23.1 Å². The Morgan fingerprint density at radius 2 is 1.90 bits per heavy atom. The van der Waals surface area contributed by atoms with E-state index in [0.717, 1.165) is 101 Å². The number of aromatic nitrogens is 4. The van der Waals surface area contributed by atoms with Crippen LogP contribution in [0.4, 0.5) is 11.5 Å². The van der Waals surface area contributed by atoms with Crippen LogP contribution in [0.3, 0.4) is 0 Å². The molecule has 0 spiro atoms. The van der Waals surface area contributed by atoms with E-state index >= 15 is 0 Å². The number of amides is 1. The number of anilines is 2. The van der Waals surface area contributed by atoms with Crippen molar-refractivity contribution in [1.82, 2.24) is 25.1 Å². The van der Waals surface area contributed by atoms with E-state index in [2.05, 4.69) is 32.1 Å². The Morgan fingerprint density at radius 1 is 1.15 bits per heavy atom. The molecule has 0 unspecified atom stereocenters. The van der Waals surface area contributed by atoms with Crippen molar-refractivity contribution in [3.8, 4) is 0 Å². The van der Waals surface area contributed by atoms with Crippen LogP contribution in [0, 0.1) is 30.6 Å². The summed E-state index contributed by atoms with van der Waals surface area (Å²) in [5.41, 5.74) is 5.92. The lowest BCUT2D eigenvalue weighted by molar-refractivity contribution is -0.133. The molecular formula is C30H44N8O2. The summed E-state index contributed by atoms with van der Waals surface area (Å²) < 4.78 is 7.89. The summed E-state index contributed by atoms with van der Waals surface area (Å²) in [6, 6.07) is 0. The molecule has 2 aromatic heterocycles. The van der Waals surface area contributed by atoms with E-state index in [-0.39, 0.29) is 22.8 Å². The maximum absolute atomic E-state index is 13.0. The number of aryl methyl sites for hydroxylation is 2. The van der Waals surface area contributed by atoms with Crippen molar-refractivity contribution < 1.29 is 9.53 Å². The third-order valence-electron chi connectivity index (χ3n) is 10.0. The highest BCUT2D eigenvalue weighted by atomic mass is 16.5. The lowest BCUT2D eigenvalue weighted by Gasteiger charge is -2.54. The van der Waals surface area contributed by atoms with E-state index in [1.54, 1.807) is 6.92 Å². The molecule has 4 heterocycles. The van der Waals surface area contributed by atoms with Gasteiger partial charge in [0.1, 0.15) is 17.2 Å². The Hall–Kier alpha value is -3.01. The molecule has 3 aliphatic carbocycles. The normalized spacial score (nSPS) is 27.8. The Balaban J connectivity index is 1.15. The van der Waals surface area contributed by atoms with Crippen LogP contribution in [-0.2, 0) is 29.0 Å². The number of nitrogens with zero attached hydrogens (tertiary/aromatic N) is 5. The fourth-order valence-electron chi connectivity index (χ4n) is 7.58. The molecule has 216 valence electrons. The van der Waals surface area contributed by atoms with Gasteiger partial charge in [0.15, 0.2) is 5.82 Å². The smallest absolute Gasteiger partial charge is 0.225 e. The summed E-state index contributed by atoms with van der Waals surface area (Å²) in [5, 5.41) is 20.0. The number of hydrogen-bond acceptors (Lipinski definition) is 8. The van der Waals surface area contributed by atoms with Crippen LogP contribution >= 0.6 is 0 Å². The summed E-state index contributed by atoms with van der Waals surface area (Å²) >= 11 is 0. The van der Waals surface area contributed by atoms with Gasteiger partial charge in [-0.1, -0.05) is 0 Å². The molecule has 5 aliphatic rings. The number of ether oxygens (including phenoxy) is 1. The van der Waals surface area contributed by atoms with Gasteiger partial charge < -0.3 is 25.7 Å². The van der Waals surface area contributed by atoms with Crippen molar-refractivity contribution in [2.75, 3.05) is 37.0 Å². The molecule has 2 aliphatic heterocycles. The topological polar surface area (TPSA) is 121 Å². The van der Waals surface area contributed by atoms with Crippen molar-refractivity contribution in [2.24, 2.45) is 11.3 Å². The first-order valence-electron chi connectivity index (χ1n) is 15.0. The molecule has 2 bridgehead atoms. The molecule has 10 heteroatoms. The lowest BCUT2D eigenvalue weighted by atomic mass is 9.57. The molecule has 2 aromatic rings. The minimum absolute atomic E-state index is 0.0195. The van der Waals surface area contributed by atoms with Crippen LogP contribution in [0.25, 0.3) is 0 Å². The Kier molecular flexibility index (Phi) is 7.09. The van der Waals surface area contributed by atoms with Crippen molar-refractivity contribution in [3.05, 3.63) is 28.5 Å². The minimum atomic E-state index is -0.0232. The summed E-state index contributed by atoms with van der Waals surface area (Å²) in [6.45, 7) is 9.74. The number of hydrogen-bond donors (Lipinski definition) is 3. The van der Waals surface area contributed by atoms with Crippen LogP contribution in [0.5, 0.6) is 0 Å². The lowest BCUT2D eigenvalue weighted by Crippen LogP contribution is -2.58. The first kappa shape index (κ1) is 27.2.